The molecular formula is C20H24N2O5S3. The first-order chi connectivity index (χ1) is 14.5. The Morgan fingerprint density at radius 1 is 1.17 bits per heavy atom. The number of carbonyl (C=O) groups is 3. The highest BCUT2D eigenvalue weighted by molar-refractivity contribution is 8.01. The minimum Gasteiger partial charge on any atom is -0.466 e. The highest BCUT2D eigenvalue weighted by Crippen LogP contribution is 2.38. The largest absolute Gasteiger partial charge is 0.466 e. The molecule has 1 amide bonds. The number of fused-ring (bicyclic) bond motifs is 1. The summed E-state index contributed by atoms with van der Waals surface area (Å²) in [6, 6.07) is 0. The monoisotopic (exact) mass is 468 g/mol. The first-order valence-electron chi connectivity index (χ1n) is 9.86. The first-order valence-corrected chi connectivity index (χ1v) is 12.5. The Hall–Kier alpha value is -1.91. The average molecular weight is 469 g/mol. The second kappa shape index (κ2) is 10.9. The molecule has 0 radical (unpaired) electrons. The van der Waals surface area contributed by atoms with Gasteiger partial charge in [0.25, 0.3) is 0 Å². The molecule has 10 heteroatoms. The Kier molecular flexibility index (Phi) is 8.29. The number of carbonyl (C=O) groups excluding carboxylic acids is 3. The lowest BCUT2D eigenvalue weighted by Crippen LogP contribution is -2.17. The fraction of sp³-hybridized carbons (Fsp3) is 0.500. The van der Waals surface area contributed by atoms with Gasteiger partial charge in [-0.15, -0.1) is 22.7 Å². The Bertz CT molecular complexity index is 922. The molecule has 0 bridgehead atoms. The van der Waals surface area contributed by atoms with Gasteiger partial charge in [-0.1, -0.05) is 11.8 Å². The molecule has 0 spiro atoms. The zero-order valence-electron chi connectivity index (χ0n) is 16.9. The molecule has 0 aromatic carbocycles. The molecule has 0 saturated carbocycles. The van der Waals surface area contributed by atoms with E-state index < -0.39 is 0 Å². The number of hydrogen-bond acceptors (Lipinski definition) is 9. The van der Waals surface area contributed by atoms with E-state index in [1.54, 1.807) is 19.2 Å². The Morgan fingerprint density at radius 2 is 1.93 bits per heavy atom. The molecule has 2 heterocycles. The summed E-state index contributed by atoms with van der Waals surface area (Å²) in [7, 11) is 0. The average Bonchev–Trinajstić information content (AvgIpc) is 3.30. The summed E-state index contributed by atoms with van der Waals surface area (Å²) in [5.74, 6) is -0.725. The molecule has 2 aromatic rings. The smallest absolute Gasteiger partial charge is 0.341 e. The first kappa shape index (κ1) is 22.8. The van der Waals surface area contributed by atoms with Crippen molar-refractivity contribution in [2.45, 2.75) is 50.3 Å². The van der Waals surface area contributed by atoms with Crippen molar-refractivity contribution >= 4 is 57.3 Å². The third kappa shape index (κ3) is 5.83. The quantitative estimate of drug-likeness (QED) is 0.437. The number of thioether (sulfide) groups is 1. The van der Waals surface area contributed by atoms with Gasteiger partial charge in [0.05, 0.1) is 36.6 Å². The Labute approximate surface area is 187 Å². The number of thiazole rings is 1. The summed E-state index contributed by atoms with van der Waals surface area (Å²) in [6.07, 6.45) is 4.03. The second-order valence-corrected chi connectivity index (χ2v) is 9.74. The minimum absolute atomic E-state index is 0.126. The van der Waals surface area contributed by atoms with E-state index >= 15 is 0 Å². The summed E-state index contributed by atoms with van der Waals surface area (Å²) in [4.78, 5) is 42.1. The molecule has 0 fully saturated rings. The van der Waals surface area contributed by atoms with Crippen LogP contribution in [0.3, 0.4) is 0 Å². The lowest BCUT2D eigenvalue weighted by atomic mass is 9.95. The van der Waals surface area contributed by atoms with Crippen LogP contribution < -0.4 is 5.32 Å². The molecule has 162 valence electrons. The molecule has 1 aliphatic carbocycles. The third-order valence-electron chi connectivity index (χ3n) is 4.39. The molecule has 0 saturated heterocycles. The van der Waals surface area contributed by atoms with Crippen LogP contribution in [0.25, 0.3) is 0 Å². The summed E-state index contributed by atoms with van der Waals surface area (Å²) < 4.78 is 10.8. The van der Waals surface area contributed by atoms with Crippen molar-refractivity contribution in [3.8, 4) is 0 Å². The van der Waals surface area contributed by atoms with Crippen molar-refractivity contribution in [3.63, 3.8) is 0 Å². The Morgan fingerprint density at radius 3 is 2.70 bits per heavy atom. The lowest BCUT2D eigenvalue weighted by Gasteiger charge is -2.12. The topological polar surface area (TPSA) is 94.6 Å². The van der Waals surface area contributed by atoms with Crippen LogP contribution in [0.15, 0.2) is 9.72 Å². The number of rotatable bonds is 9. The molecule has 7 nitrogen and oxygen atoms in total. The number of amides is 1. The van der Waals surface area contributed by atoms with Crippen LogP contribution in [0.2, 0.25) is 0 Å². The standard InChI is InChI=1S/C20H24N2O5S3/c1-3-26-16(24)9-12-10-28-20(21-12)29-11-15(23)22-18-17(19(25)27-4-2)13-7-5-6-8-14(13)30-18/h10H,3-9,11H2,1-2H3,(H,22,23). The van der Waals surface area contributed by atoms with Gasteiger partial charge in [-0.3, -0.25) is 9.59 Å². The van der Waals surface area contributed by atoms with E-state index in [1.807, 2.05) is 0 Å². The van der Waals surface area contributed by atoms with Gasteiger partial charge < -0.3 is 14.8 Å². The van der Waals surface area contributed by atoms with Crippen LogP contribution in [0, 0.1) is 0 Å². The lowest BCUT2D eigenvalue weighted by molar-refractivity contribution is -0.142. The number of esters is 2. The van der Waals surface area contributed by atoms with E-state index in [1.165, 1.54) is 34.4 Å². The predicted molar refractivity (Wildman–Crippen MR) is 119 cm³/mol. The van der Waals surface area contributed by atoms with Crippen molar-refractivity contribution in [2.75, 3.05) is 24.3 Å². The SMILES string of the molecule is CCOC(=O)Cc1csc(SCC(=O)Nc2sc3c(c2C(=O)OCC)CCCC3)n1. The molecule has 0 aliphatic heterocycles. The van der Waals surface area contributed by atoms with Crippen molar-refractivity contribution in [3.05, 3.63) is 27.1 Å². The highest BCUT2D eigenvalue weighted by Gasteiger charge is 2.27. The van der Waals surface area contributed by atoms with Crippen LogP contribution in [0.5, 0.6) is 0 Å². The van der Waals surface area contributed by atoms with Gasteiger partial charge in [0.1, 0.15) is 5.00 Å². The number of ether oxygens (including phenoxy) is 2. The normalized spacial score (nSPS) is 12.9. The molecular weight excluding hydrogens is 444 g/mol. The molecule has 30 heavy (non-hydrogen) atoms. The molecule has 0 unspecified atom stereocenters. The number of nitrogens with one attached hydrogen (secondary N) is 1. The zero-order chi connectivity index (χ0) is 21.5. The maximum Gasteiger partial charge on any atom is 0.341 e. The van der Waals surface area contributed by atoms with E-state index in [4.69, 9.17) is 9.47 Å². The van der Waals surface area contributed by atoms with E-state index in [-0.39, 0.29) is 30.0 Å². The summed E-state index contributed by atoms with van der Waals surface area (Å²) in [5, 5.41) is 5.27. The van der Waals surface area contributed by atoms with E-state index in [2.05, 4.69) is 10.3 Å². The Balaban J connectivity index is 1.61. The van der Waals surface area contributed by atoms with Crippen molar-refractivity contribution in [1.29, 1.82) is 0 Å². The molecule has 0 atom stereocenters. The fourth-order valence-electron chi connectivity index (χ4n) is 3.16. The molecule has 1 aliphatic rings. The van der Waals surface area contributed by atoms with Crippen LogP contribution in [0.1, 0.15) is 53.2 Å². The van der Waals surface area contributed by atoms with Crippen molar-refractivity contribution < 1.29 is 23.9 Å². The number of nitrogens with zero attached hydrogens (tertiary/aromatic N) is 1. The van der Waals surface area contributed by atoms with Gasteiger partial charge in [0.2, 0.25) is 5.91 Å². The predicted octanol–water partition coefficient (Wildman–Crippen LogP) is 4.10. The van der Waals surface area contributed by atoms with Crippen LogP contribution in [0.4, 0.5) is 5.00 Å². The molecule has 1 N–H and O–H groups in total. The number of aromatic nitrogens is 1. The van der Waals surface area contributed by atoms with Crippen LogP contribution in [-0.2, 0) is 38.3 Å². The maximum absolute atomic E-state index is 12.5. The molecule has 2 aromatic heterocycles. The summed E-state index contributed by atoms with van der Waals surface area (Å²) in [5.41, 5.74) is 2.17. The number of thiophene rings is 1. The van der Waals surface area contributed by atoms with Gasteiger partial charge in [-0.25, -0.2) is 9.78 Å². The van der Waals surface area contributed by atoms with Crippen molar-refractivity contribution in [2.24, 2.45) is 0 Å². The zero-order valence-corrected chi connectivity index (χ0v) is 19.4. The fourth-order valence-corrected chi connectivity index (χ4v) is 6.10. The van der Waals surface area contributed by atoms with Crippen LogP contribution >= 0.6 is 34.4 Å². The van der Waals surface area contributed by atoms with Crippen LogP contribution in [-0.4, -0.2) is 41.8 Å². The van der Waals surface area contributed by atoms with Gasteiger partial charge in [-0.2, -0.15) is 0 Å². The van der Waals surface area contributed by atoms with E-state index in [0.717, 1.165) is 36.1 Å². The number of anilines is 1. The van der Waals surface area contributed by atoms with Gasteiger partial charge in [0.15, 0.2) is 4.34 Å². The minimum atomic E-state index is -0.372. The molecule has 3 rings (SSSR count). The summed E-state index contributed by atoms with van der Waals surface area (Å²) >= 11 is 4.16. The maximum atomic E-state index is 12.5. The van der Waals surface area contributed by atoms with E-state index in [0.29, 0.717) is 33.8 Å². The van der Waals surface area contributed by atoms with Gasteiger partial charge in [0, 0.05) is 10.3 Å². The van der Waals surface area contributed by atoms with E-state index in [9.17, 15) is 14.4 Å². The highest BCUT2D eigenvalue weighted by atomic mass is 32.2. The van der Waals surface area contributed by atoms with Gasteiger partial charge >= 0.3 is 11.9 Å². The number of aryl methyl sites for hydroxylation is 1. The summed E-state index contributed by atoms with van der Waals surface area (Å²) in [6.45, 7) is 4.17. The van der Waals surface area contributed by atoms with Gasteiger partial charge in [-0.05, 0) is 45.1 Å². The third-order valence-corrected chi connectivity index (χ3v) is 7.67. The number of hydrogen-bond donors (Lipinski definition) is 1. The second-order valence-electron chi connectivity index (χ2n) is 6.56. The van der Waals surface area contributed by atoms with Crippen molar-refractivity contribution in [1.82, 2.24) is 4.98 Å².